The molecule has 5 heteroatoms. The molecule has 1 saturated heterocycles. The molecule has 1 aliphatic rings. The van der Waals surface area contributed by atoms with Crippen LogP contribution in [0.1, 0.15) is 19.4 Å². The first-order valence-corrected chi connectivity index (χ1v) is 6.78. The van der Waals surface area contributed by atoms with Gasteiger partial charge in [0, 0.05) is 30.8 Å². The Bertz CT molecular complexity index is 487. The highest BCUT2D eigenvalue weighted by molar-refractivity contribution is 9.10. The fourth-order valence-corrected chi connectivity index (χ4v) is 2.85. The van der Waals surface area contributed by atoms with Gasteiger partial charge in [0.05, 0.1) is 0 Å². The SMILES string of the molecule is Cc1cc(Br)cnc1N1CCN(C)C(=O)C1(C)C. The number of aromatic nitrogens is 1. The Hall–Kier alpha value is -1.10. The molecule has 2 rings (SSSR count). The summed E-state index contributed by atoms with van der Waals surface area (Å²) in [4.78, 5) is 20.6. The van der Waals surface area contributed by atoms with E-state index in [9.17, 15) is 4.79 Å². The van der Waals surface area contributed by atoms with Gasteiger partial charge < -0.3 is 9.80 Å². The van der Waals surface area contributed by atoms with Crippen LogP contribution in [0.4, 0.5) is 5.82 Å². The first-order valence-electron chi connectivity index (χ1n) is 5.99. The van der Waals surface area contributed by atoms with Crippen LogP contribution in [0.2, 0.25) is 0 Å². The van der Waals surface area contributed by atoms with Crippen molar-refractivity contribution in [1.82, 2.24) is 9.88 Å². The van der Waals surface area contributed by atoms with Crippen molar-refractivity contribution in [2.75, 3.05) is 25.0 Å². The summed E-state index contributed by atoms with van der Waals surface area (Å²) in [5.41, 5.74) is 0.535. The molecule has 4 nitrogen and oxygen atoms in total. The van der Waals surface area contributed by atoms with E-state index in [0.29, 0.717) is 0 Å². The monoisotopic (exact) mass is 311 g/mol. The average Bonchev–Trinajstić information content (AvgIpc) is 2.28. The Balaban J connectivity index is 2.41. The van der Waals surface area contributed by atoms with Gasteiger partial charge in [-0.15, -0.1) is 0 Å². The summed E-state index contributed by atoms with van der Waals surface area (Å²) in [5, 5.41) is 0. The zero-order valence-electron chi connectivity index (χ0n) is 11.2. The predicted molar refractivity (Wildman–Crippen MR) is 75.7 cm³/mol. The van der Waals surface area contributed by atoms with Crippen LogP contribution < -0.4 is 4.90 Å². The van der Waals surface area contributed by atoms with E-state index in [0.717, 1.165) is 28.9 Å². The molecule has 1 aromatic heterocycles. The second-order valence-electron chi connectivity index (χ2n) is 5.23. The van der Waals surface area contributed by atoms with E-state index < -0.39 is 5.54 Å². The molecule has 2 heterocycles. The lowest BCUT2D eigenvalue weighted by atomic mass is 9.97. The number of amides is 1. The summed E-state index contributed by atoms with van der Waals surface area (Å²) < 4.78 is 0.960. The Morgan fingerprint density at radius 3 is 2.67 bits per heavy atom. The Labute approximate surface area is 116 Å². The molecule has 0 atom stereocenters. The van der Waals surface area contributed by atoms with E-state index in [1.807, 2.05) is 33.9 Å². The highest BCUT2D eigenvalue weighted by Gasteiger charge is 2.41. The molecule has 1 aromatic rings. The number of piperazine rings is 1. The van der Waals surface area contributed by atoms with E-state index in [-0.39, 0.29) is 5.91 Å². The summed E-state index contributed by atoms with van der Waals surface area (Å²) in [6.45, 7) is 7.47. The van der Waals surface area contributed by atoms with E-state index in [2.05, 4.69) is 25.8 Å². The molecule has 0 bridgehead atoms. The van der Waals surface area contributed by atoms with Gasteiger partial charge in [0.25, 0.3) is 0 Å². The minimum absolute atomic E-state index is 0.137. The number of rotatable bonds is 1. The van der Waals surface area contributed by atoms with Crippen LogP contribution in [0.25, 0.3) is 0 Å². The summed E-state index contributed by atoms with van der Waals surface area (Å²) in [6.07, 6.45) is 1.78. The minimum Gasteiger partial charge on any atom is -0.342 e. The second kappa shape index (κ2) is 4.53. The number of hydrogen-bond acceptors (Lipinski definition) is 3. The van der Waals surface area contributed by atoms with Gasteiger partial charge in [0.2, 0.25) is 5.91 Å². The average molecular weight is 312 g/mol. The topological polar surface area (TPSA) is 36.4 Å². The van der Waals surface area contributed by atoms with E-state index in [4.69, 9.17) is 0 Å². The first kappa shape index (κ1) is 13.3. The van der Waals surface area contributed by atoms with Crippen LogP contribution in [0.5, 0.6) is 0 Å². The summed E-state index contributed by atoms with van der Waals surface area (Å²) in [7, 11) is 1.85. The molecule has 0 radical (unpaired) electrons. The number of hydrogen-bond donors (Lipinski definition) is 0. The lowest BCUT2D eigenvalue weighted by Gasteiger charge is -2.45. The fraction of sp³-hybridized carbons (Fsp3) is 0.538. The van der Waals surface area contributed by atoms with Crippen molar-refractivity contribution in [2.24, 2.45) is 0 Å². The van der Waals surface area contributed by atoms with Gasteiger partial charge in [0.1, 0.15) is 11.4 Å². The third-order valence-electron chi connectivity index (χ3n) is 3.48. The fourth-order valence-electron chi connectivity index (χ4n) is 2.40. The van der Waals surface area contributed by atoms with Crippen LogP contribution in [0, 0.1) is 6.92 Å². The van der Waals surface area contributed by atoms with Gasteiger partial charge in [-0.25, -0.2) is 4.98 Å². The normalized spacial score (nSPS) is 19.3. The van der Waals surface area contributed by atoms with Gasteiger partial charge in [-0.3, -0.25) is 4.79 Å². The molecule has 0 saturated carbocycles. The van der Waals surface area contributed by atoms with Gasteiger partial charge in [0.15, 0.2) is 0 Å². The number of carbonyl (C=O) groups is 1. The van der Waals surface area contributed by atoms with Crippen molar-refractivity contribution in [3.63, 3.8) is 0 Å². The van der Waals surface area contributed by atoms with Crippen molar-refractivity contribution < 1.29 is 4.79 Å². The quantitative estimate of drug-likeness (QED) is 0.798. The van der Waals surface area contributed by atoms with Crippen molar-refractivity contribution >= 4 is 27.7 Å². The zero-order valence-corrected chi connectivity index (χ0v) is 12.8. The highest BCUT2D eigenvalue weighted by Crippen LogP contribution is 2.30. The summed E-state index contributed by atoms with van der Waals surface area (Å²) in [5.74, 6) is 1.03. The van der Waals surface area contributed by atoms with Gasteiger partial charge in [-0.2, -0.15) is 0 Å². The zero-order chi connectivity index (χ0) is 13.5. The van der Waals surface area contributed by atoms with Gasteiger partial charge >= 0.3 is 0 Å². The minimum atomic E-state index is -0.543. The van der Waals surface area contributed by atoms with Crippen LogP contribution in [-0.2, 0) is 4.79 Å². The maximum atomic E-state index is 12.3. The number of pyridine rings is 1. The third-order valence-corrected chi connectivity index (χ3v) is 3.91. The van der Waals surface area contributed by atoms with Crippen LogP contribution in [0.3, 0.4) is 0 Å². The number of nitrogens with zero attached hydrogens (tertiary/aromatic N) is 3. The number of aryl methyl sites for hydroxylation is 1. The molecule has 0 aliphatic carbocycles. The molecule has 18 heavy (non-hydrogen) atoms. The van der Waals surface area contributed by atoms with Crippen LogP contribution in [0.15, 0.2) is 16.7 Å². The molecule has 0 unspecified atom stereocenters. The predicted octanol–water partition coefficient (Wildman–Crippen LogP) is 2.21. The molecule has 98 valence electrons. The maximum absolute atomic E-state index is 12.3. The lowest BCUT2D eigenvalue weighted by molar-refractivity contribution is -0.136. The molecule has 0 aromatic carbocycles. The maximum Gasteiger partial charge on any atom is 0.247 e. The summed E-state index contributed by atoms with van der Waals surface area (Å²) >= 11 is 3.41. The Kier molecular flexibility index (Phi) is 3.36. The van der Waals surface area contributed by atoms with E-state index >= 15 is 0 Å². The number of anilines is 1. The smallest absolute Gasteiger partial charge is 0.247 e. The number of carbonyl (C=O) groups excluding carboxylic acids is 1. The molecule has 1 amide bonds. The van der Waals surface area contributed by atoms with Crippen molar-refractivity contribution in [3.8, 4) is 0 Å². The molecular formula is C13H18BrN3O. The van der Waals surface area contributed by atoms with Crippen molar-refractivity contribution in [3.05, 3.63) is 22.3 Å². The van der Waals surface area contributed by atoms with Gasteiger partial charge in [-0.05, 0) is 48.3 Å². The molecular weight excluding hydrogens is 294 g/mol. The molecule has 1 aliphatic heterocycles. The number of likely N-dealkylation sites (N-methyl/N-ethyl adjacent to an activating group) is 1. The Morgan fingerprint density at radius 1 is 1.39 bits per heavy atom. The van der Waals surface area contributed by atoms with Crippen LogP contribution >= 0.6 is 15.9 Å². The van der Waals surface area contributed by atoms with E-state index in [1.165, 1.54) is 0 Å². The number of halogens is 1. The third kappa shape index (κ3) is 2.11. The van der Waals surface area contributed by atoms with Crippen molar-refractivity contribution in [2.45, 2.75) is 26.3 Å². The molecule has 0 N–H and O–H groups in total. The Morgan fingerprint density at radius 2 is 2.06 bits per heavy atom. The lowest BCUT2D eigenvalue weighted by Crippen LogP contribution is -2.62. The van der Waals surface area contributed by atoms with E-state index in [1.54, 1.807) is 11.1 Å². The van der Waals surface area contributed by atoms with Crippen molar-refractivity contribution in [1.29, 1.82) is 0 Å². The molecule has 0 spiro atoms. The summed E-state index contributed by atoms with van der Waals surface area (Å²) in [6, 6.07) is 2.03. The van der Waals surface area contributed by atoms with Crippen LogP contribution in [-0.4, -0.2) is 41.5 Å². The second-order valence-corrected chi connectivity index (χ2v) is 6.15. The standard InChI is InChI=1S/C13H18BrN3O/c1-9-7-10(14)8-15-11(9)17-6-5-16(4)12(18)13(17,2)3/h7-8H,5-6H2,1-4H3. The highest BCUT2D eigenvalue weighted by atomic mass is 79.9. The largest absolute Gasteiger partial charge is 0.342 e. The first-order chi connectivity index (χ1) is 8.34. The van der Waals surface area contributed by atoms with Gasteiger partial charge in [-0.1, -0.05) is 0 Å². The molecule has 1 fully saturated rings.